The Kier molecular flexibility index (Phi) is 5.95. The van der Waals surface area contributed by atoms with Gasteiger partial charge in [0.25, 0.3) is 11.1 Å². The van der Waals surface area contributed by atoms with E-state index in [1.54, 1.807) is 48.5 Å². The Labute approximate surface area is 194 Å². The molecule has 0 N–H and O–H groups in total. The number of carbonyl (C=O) groups is 3. The lowest BCUT2D eigenvalue weighted by Crippen LogP contribution is -2.27. The van der Waals surface area contributed by atoms with Crippen molar-refractivity contribution in [2.75, 3.05) is 12.0 Å². The molecule has 0 unspecified atom stereocenters. The fraction of sp³-hybridized carbons (Fsp3) is 0.125. The van der Waals surface area contributed by atoms with Gasteiger partial charge in [0.1, 0.15) is 0 Å². The van der Waals surface area contributed by atoms with Gasteiger partial charge in [-0.05, 0) is 73.6 Å². The maximum absolute atomic E-state index is 12.9. The van der Waals surface area contributed by atoms with Crippen LogP contribution in [0.2, 0.25) is 5.02 Å². The van der Waals surface area contributed by atoms with Crippen LogP contribution >= 0.6 is 23.4 Å². The normalized spacial score (nSPS) is 15.0. The summed E-state index contributed by atoms with van der Waals surface area (Å²) in [6.45, 7) is 3.79. The molecule has 2 heterocycles. The maximum atomic E-state index is 12.9. The number of anilines is 1. The summed E-state index contributed by atoms with van der Waals surface area (Å²) in [5.74, 6) is -0.818. The van der Waals surface area contributed by atoms with E-state index in [4.69, 9.17) is 16.3 Å². The number of aromatic nitrogens is 1. The van der Waals surface area contributed by atoms with E-state index in [-0.39, 0.29) is 11.1 Å². The number of amides is 2. The first-order valence-corrected chi connectivity index (χ1v) is 10.9. The van der Waals surface area contributed by atoms with Gasteiger partial charge in [-0.15, -0.1) is 0 Å². The average molecular weight is 467 g/mol. The molecule has 0 aliphatic carbocycles. The van der Waals surface area contributed by atoms with Crippen LogP contribution in [0, 0.1) is 13.8 Å². The van der Waals surface area contributed by atoms with Crippen LogP contribution in [0.25, 0.3) is 11.8 Å². The molecule has 32 heavy (non-hydrogen) atoms. The highest BCUT2D eigenvalue weighted by atomic mass is 35.5. The van der Waals surface area contributed by atoms with E-state index in [1.165, 1.54) is 12.0 Å². The molecule has 2 aromatic carbocycles. The summed E-state index contributed by atoms with van der Waals surface area (Å²) in [6.07, 6.45) is 1.71. The molecule has 1 aliphatic heterocycles. The molecule has 0 radical (unpaired) electrons. The Balaban J connectivity index is 1.74. The van der Waals surface area contributed by atoms with Crippen LogP contribution in [-0.2, 0) is 9.53 Å². The smallest absolute Gasteiger partial charge is 0.337 e. The van der Waals surface area contributed by atoms with E-state index < -0.39 is 5.97 Å². The molecule has 1 fully saturated rings. The molecule has 1 saturated heterocycles. The Hall–Kier alpha value is -3.29. The number of nitrogens with zero attached hydrogens (tertiary/aromatic N) is 2. The van der Waals surface area contributed by atoms with Gasteiger partial charge in [0.05, 0.1) is 34.0 Å². The Morgan fingerprint density at radius 3 is 2.47 bits per heavy atom. The molecule has 0 spiro atoms. The van der Waals surface area contributed by atoms with Crippen molar-refractivity contribution in [3.8, 4) is 5.69 Å². The van der Waals surface area contributed by atoms with Crippen LogP contribution in [0.1, 0.15) is 27.3 Å². The summed E-state index contributed by atoms with van der Waals surface area (Å²) >= 11 is 7.34. The van der Waals surface area contributed by atoms with E-state index in [2.05, 4.69) is 0 Å². The number of imide groups is 1. The van der Waals surface area contributed by atoms with Gasteiger partial charge in [0, 0.05) is 11.4 Å². The predicted molar refractivity (Wildman–Crippen MR) is 126 cm³/mol. The molecular formula is C24H19ClN2O4S. The summed E-state index contributed by atoms with van der Waals surface area (Å²) in [4.78, 5) is 38.9. The Morgan fingerprint density at radius 1 is 1.06 bits per heavy atom. The van der Waals surface area contributed by atoms with Crippen molar-refractivity contribution in [1.82, 2.24) is 4.57 Å². The highest BCUT2D eigenvalue weighted by Crippen LogP contribution is 2.37. The number of hydrogen-bond donors (Lipinski definition) is 0. The summed E-state index contributed by atoms with van der Waals surface area (Å²) in [6, 6.07) is 15.7. The number of hydrogen-bond acceptors (Lipinski definition) is 5. The number of methoxy groups -OCH3 is 1. The number of esters is 1. The lowest BCUT2D eigenvalue weighted by Gasteiger charge is -2.13. The highest BCUT2D eigenvalue weighted by Gasteiger charge is 2.36. The van der Waals surface area contributed by atoms with Gasteiger partial charge in [-0.25, -0.2) is 9.69 Å². The highest BCUT2D eigenvalue weighted by molar-refractivity contribution is 8.19. The molecule has 0 saturated carbocycles. The third kappa shape index (κ3) is 3.85. The number of thioether (sulfide) groups is 1. The first kappa shape index (κ1) is 21.9. The molecule has 8 heteroatoms. The van der Waals surface area contributed by atoms with Crippen LogP contribution in [0.15, 0.2) is 59.5 Å². The van der Waals surface area contributed by atoms with Crippen LogP contribution in [0.3, 0.4) is 0 Å². The molecule has 2 amide bonds. The van der Waals surface area contributed by atoms with E-state index in [0.717, 1.165) is 28.7 Å². The van der Waals surface area contributed by atoms with Crippen LogP contribution in [0.4, 0.5) is 10.5 Å². The van der Waals surface area contributed by atoms with Gasteiger partial charge in [-0.3, -0.25) is 9.59 Å². The number of ether oxygens (including phenoxy) is 1. The average Bonchev–Trinajstić information content (AvgIpc) is 3.22. The number of para-hydroxylation sites is 1. The Morgan fingerprint density at radius 2 is 1.78 bits per heavy atom. The van der Waals surface area contributed by atoms with Crippen LogP contribution < -0.4 is 4.90 Å². The van der Waals surface area contributed by atoms with E-state index in [0.29, 0.717) is 26.9 Å². The van der Waals surface area contributed by atoms with Crippen molar-refractivity contribution < 1.29 is 19.1 Å². The lowest BCUT2D eigenvalue weighted by atomic mass is 10.2. The van der Waals surface area contributed by atoms with E-state index in [1.807, 2.05) is 30.5 Å². The van der Waals surface area contributed by atoms with Crippen LogP contribution in [-0.4, -0.2) is 28.8 Å². The Bertz CT molecular complexity index is 1280. The fourth-order valence-electron chi connectivity index (χ4n) is 3.64. The molecule has 1 aliphatic rings. The quantitative estimate of drug-likeness (QED) is 0.360. The summed E-state index contributed by atoms with van der Waals surface area (Å²) in [5.41, 5.74) is 4.00. The zero-order chi connectivity index (χ0) is 23.0. The second-order valence-electron chi connectivity index (χ2n) is 7.17. The molecular weight excluding hydrogens is 448 g/mol. The van der Waals surface area contributed by atoms with Gasteiger partial charge >= 0.3 is 5.97 Å². The monoisotopic (exact) mass is 466 g/mol. The van der Waals surface area contributed by atoms with Crippen molar-refractivity contribution in [3.63, 3.8) is 0 Å². The number of carbonyl (C=O) groups excluding carboxylic acids is 3. The van der Waals surface area contributed by atoms with Crippen molar-refractivity contribution in [2.24, 2.45) is 0 Å². The van der Waals surface area contributed by atoms with Crippen molar-refractivity contribution in [3.05, 3.63) is 87.0 Å². The minimum atomic E-state index is -0.458. The SMILES string of the molecule is COC(=O)c1ccc(Cl)c(-n2c(C)cc(C=C3SC(=O)N(c4ccccc4)C3=O)c2C)c1. The van der Waals surface area contributed by atoms with Crippen LogP contribution in [0.5, 0.6) is 0 Å². The minimum Gasteiger partial charge on any atom is -0.465 e. The first-order valence-electron chi connectivity index (χ1n) is 9.72. The molecule has 0 atom stereocenters. The fourth-order valence-corrected chi connectivity index (χ4v) is 4.68. The molecule has 3 aromatic rings. The topological polar surface area (TPSA) is 68.6 Å². The van der Waals surface area contributed by atoms with Gasteiger partial charge in [0.2, 0.25) is 0 Å². The number of halogens is 1. The standard InChI is InChI=1S/C24H19ClN2O4S/c1-14-11-17(13-21-22(28)27(24(30)32-21)18-7-5-4-6-8-18)15(2)26(14)20-12-16(23(29)31-3)9-10-19(20)25/h4-13H,1-3H3. The molecule has 0 bridgehead atoms. The van der Waals surface area contributed by atoms with Crippen molar-refractivity contribution in [2.45, 2.75) is 13.8 Å². The molecule has 4 rings (SSSR count). The lowest BCUT2D eigenvalue weighted by molar-refractivity contribution is -0.113. The second kappa shape index (κ2) is 8.68. The maximum Gasteiger partial charge on any atom is 0.337 e. The molecule has 6 nitrogen and oxygen atoms in total. The van der Waals surface area contributed by atoms with E-state index in [9.17, 15) is 14.4 Å². The minimum absolute atomic E-state index is 0.338. The largest absolute Gasteiger partial charge is 0.465 e. The van der Waals surface area contributed by atoms with Crippen molar-refractivity contribution >= 4 is 52.2 Å². The number of aryl methyl sites for hydroxylation is 1. The van der Waals surface area contributed by atoms with Gasteiger partial charge < -0.3 is 9.30 Å². The molecule has 1 aromatic heterocycles. The third-order valence-electron chi connectivity index (χ3n) is 5.17. The summed E-state index contributed by atoms with van der Waals surface area (Å²) < 4.78 is 6.72. The first-order chi connectivity index (χ1) is 15.3. The van der Waals surface area contributed by atoms with Crippen molar-refractivity contribution in [1.29, 1.82) is 0 Å². The van der Waals surface area contributed by atoms with Gasteiger partial charge in [-0.2, -0.15) is 0 Å². The summed E-state index contributed by atoms with van der Waals surface area (Å²) in [7, 11) is 1.32. The zero-order valence-corrected chi connectivity index (χ0v) is 19.2. The van der Waals surface area contributed by atoms with E-state index >= 15 is 0 Å². The van der Waals surface area contributed by atoms with Gasteiger partial charge in [-0.1, -0.05) is 29.8 Å². The predicted octanol–water partition coefficient (Wildman–Crippen LogP) is 5.78. The summed E-state index contributed by atoms with van der Waals surface area (Å²) in [5, 5.41) is 0.130. The van der Waals surface area contributed by atoms with Gasteiger partial charge in [0.15, 0.2) is 0 Å². The third-order valence-corrected chi connectivity index (χ3v) is 6.36. The molecule has 162 valence electrons. The number of benzene rings is 2. The number of rotatable bonds is 4. The second-order valence-corrected chi connectivity index (χ2v) is 8.57. The zero-order valence-electron chi connectivity index (χ0n) is 17.6.